The molecule has 1 N–H and O–H groups in total. The van der Waals surface area contributed by atoms with Crippen LogP contribution < -0.4 is 5.32 Å². The number of ether oxygens (including phenoxy) is 1. The second kappa shape index (κ2) is 8.05. The summed E-state index contributed by atoms with van der Waals surface area (Å²) in [5.74, 6) is 0.755. The molecule has 1 unspecified atom stereocenters. The number of sulfonamides is 1. The van der Waals surface area contributed by atoms with Gasteiger partial charge in [-0.25, -0.2) is 13.4 Å². The molecule has 3 heterocycles. The molecule has 1 aromatic rings. The highest BCUT2D eigenvalue weighted by atomic mass is 32.2. The lowest BCUT2D eigenvalue weighted by molar-refractivity contribution is -0.103. The third kappa shape index (κ3) is 4.30. The first-order valence-electron chi connectivity index (χ1n) is 10.4. The number of aromatic nitrogens is 1. The van der Waals surface area contributed by atoms with Crippen LogP contribution in [-0.4, -0.2) is 49.0 Å². The Balaban J connectivity index is 1.40. The van der Waals surface area contributed by atoms with Gasteiger partial charge in [0.25, 0.3) is 0 Å². The Morgan fingerprint density at radius 3 is 2.52 bits per heavy atom. The Morgan fingerprint density at radius 2 is 1.81 bits per heavy atom. The highest BCUT2D eigenvalue weighted by Crippen LogP contribution is 2.39. The molecule has 0 bridgehead atoms. The SMILES string of the molecule is O=S(=O)(c1ccc(NC2CCOC3(CCCCC3)C2)nc1)N1CCCCC1. The van der Waals surface area contributed by atoms with Gasteiger partial charge in [-0.2, -0.15) is 4.31 Å². The van der Waals surface area contributed by atoms with E-state index in [9.17, 15) is 8.42 Å². The van der Waals surface area contributed by atoms with E-state index in [2.05, 4.69) is 10.3 Å². The zero-order chi connectivity index (χ0) is 18.7. The smallest absolute Gasteiger partial charge is 0.244 e. The van der Waals surface area contributed by atoms with Crippen molar-refractivity contribution in [3.05, 3.63) is 18.3 Å². The van der Waals surface area contributed by atoms with Gasteiger partial charge in [0.15, 0.2) is 0 Å². The molecule has 1 aliphatic carbocycles. The van der Waals surface area contributed by atoms with E-state index < -0.39 is 10.0 Å². The van der Waals surface area contributed by atoms with E-state index in [4.69, 9.17) is 4.74 Å². The maximum atomic E-state index is 12.7. The molecule has 7 heteroatoms. The topological polar surface area (TPSA) is 71.5 Å². The van der Waals surface area contributed by atoms with Gasteiger partial charge < -0.3 is 10.1 Å². The van der Waals surface area contributed by atoms with Crippen molar-refractivity contribution < 1.29 is 13.2 Å². The van der Waals surface area contributed by atoms with Crippen LogP contribution in [0.15, 0.2) is 23.2 Å². The molecule has 1 spiro atoms. The van der Waals surface area contributed by atoms with E-state index >= 15 is 0 Å². The van der Waals surface area contributed by atoms with Crippen LogP contribution in [-0.2, 0) is 14.8 Å². The maximum absolute atomic E-state index is 12.7. The Hall–Kier alpha value is -1.18. The lowest BCUT2D eigenvalue weighted by Gasteiger charge is -2.43. The summed E-state index contributed by atoms with van der Waals surface area (Å²) >= 11 is 0. The van der Waals surface area contributed by atoms with E-state index in [0.29, 0.717) is 24.0 Å². The first-order chi connectivity index (χ1) is 13.1. The number of hydrogen-bond donors (Lipinski definition) is 1. The summed E-state index contributed by atoms with van der Waals surface area (Å²) in [6, 6.07) is 3.84. The standard InChI is InChI=1S/C20H31N3O3S/c24-27(25,23-12-5-2-6-13-23)18-7-8-19(21-16-18)22-17-9-14-26-20(15-17)10-3-1-4-11-20/h7-8,16-17H,1-6,9-15H2,(H,21,22). The normalized spacial score (nSPS) is 26.7. The van der Waals surface area contributed by atoms with Crippen LogP contribution in [0.3, 0.4) is 0 Å². The highest BCUT2D eigenvalue weighted by Gasteiger charge is 2.38. The number of hydrogen-bond acceptors (Lipinski definition) is 5. The Bertz CT molecular complexity index is 718. The fourth-order valence-electron chi connectivity index (χ4n) is 4.78. The summed E-state index contributed by atoms with van der Waals surface area (Å²) < 4.78 is 33.2. The van der Waals surface area contributed by atoms with Crippen molar-refractivity contribution in [2.45, 2.75) is 80.7 Å². The molecular weight excluding hydrogens is 362 g/mol. The van der Waals surface area contributed by atoms with Gasteiger partial charge in [0.2, 0.25) is 10.0 Å². The van der Waals surface area contributed by atoms with Gasteiger partial charge in [0, 0.05) is 31.9 Å². The summed E-state index contributed by atoms with van der Waals surface area (Å²) in [7, 11) is -3.41. The number of anilines is 1. The van der Waals surface area contributed by atoms with Gasteiger partial charge in [0.05, 0.1) is 5.60 Å². The molecule has 0 aromatic carbocycles. The molecule has 0 amide bonds. The minimum atomic E-state index is -3.41. The molecule has 3 fully saturated rings. The van der Waals surface area contributed by atoms with E-state index in [1.54, 1.807) is 16.4 Å². The lowest BCUT2D eigenvalue weighted by atomic mass is 9.78. The zero-order valence-corrected chi connectivity index (χ0v) is 16.8. The predicted octanol–water partition coefficient (Wildman–Crippen LogP) is 3.55. The molecule has 0 radical (unpaired) electrons. The molecule has 4 rings (SSSR count). The van der Waals surface area contributed by atoms with Crippen LogP contribution >= 0.6 is 0 Å². The summed E-state index contributed by atoms with van der Waals surface area (Å²) in [5.41, 5.74) is 0.0473. The van der Waals surface area contributed by atoms with Crippen LogP contribution in [0.25, 0.3) is 0 Å². The first-order valence-corrected chi connectivity index (χ1v) is 11.9. The van der Waals surface area contributed by atoms with Crippen molar-refractivity contribution in [2.24, 2.45) is 0 Å². The lowest BCUT2D eigenvalue weighted by Crippen LogP contribution is -2.45. The monoisotopic (exact) mass is 393 g/mol. The molecule has 27 heavy (non-hydrogen) atoms. The van der Waals surface area contributed by atoms with E-state index in [0.717, 1.165) is 57.4 Å². The molecule has 2 saturated heterocycles. The molecule has 3 aliphatic rings. The molecule has 2 aliphatic heterocycles. The molecule has 1 aromatic heterocycles. The molecular formula is C20H31N3O3S. The number of rotatable bonds is 4. The number of pyridine rings is 1. The summed E-state index contributed by atoms with van der Waals surface area (Å²) in [6.07, 6.45) is 12.6. The van der Waals surface area contributed by atoms with Crippen molar-refractivity contribution in [2.75, 3.05) is 25.0 Å². The Morgan fingerprint density at radius 1 is 1.07 bits per heavy atom. The van der Waals surface area contributed by atoms with Crippen molar-refractivity contribution >= 4 is 15.8 Å². The van der Waals surface area contributed by atoms with Crippen LogP contribution in [0.2, 0.25) is 0 Å². The van der Waals surface area contributed by atoms with E-state index in [-0.39, 0.29) is 5.60 Å². The van der Waals surface area contributed by atoms with Gasteiger partial charge in [-0.15, -0.1) is 0 Å². The Kier molecular flexibility index (Phi) is 5.71. The second-order valence-electron chi connectivity index (χ2n) is 8.27. The van der Waals surface area contributed by atoms with Crippen LogP contribution in [0, 0.1) is 0 Å². The summed E-state index contributed by atoms with van der Waals surface area (Å²) in [5, 5.41) is 3.51. The summed E-state index contributed by atoms with van der Waals surface area (Å²) in [4.78, 5) is 4.71. The largest absolute Gasteiger partial charge is 0.375 e. The maximum Gasteiger partial charge on any atom is 0.244 e. The molecule has 150 valence electrons. The van der Waals surface area contributed by atoms with Crippen LogP contribution in [0.5, 0.6) is 0 Å². The van der Waals surface area contributed by atoms with Crippen molar-refractivity contribution in [1.82, 2.24) is 9.29 Å². The van der Waals surface area contributed by atoms with Gasteiger partial charge in [-0.05, 0) is 50.7 Å². The quantitative estimate of drug-likeness (QED) is 0.847. The third-order valence-corrected chi connectivity index (χ3v) is 8.18. The van der Waals surface area contributed by atoms with Crippen LogP contribution in [0.4, 0.5) is 5.82 Å². The fraction of sp³-hybridized carbons (Fsp3) is 0.750. The van der Waals surface area contributed by atoms with Crippen molar-refractivity contribution in [1.29, 1.82) is 0 Å². The number of piperidine rings is 1. The minimum absolute atomic E-state index is 0.0473. The fourth-order valence-corrected chi connectivity index (χ4v) is 6.24. The highest BCUT2D eigenvalue weighted by molar-refractivity contribution is 7.89. The van der Waals surface area contributed by atoms with Crippen LogP contribution in [0.1, 0.15) is 64.2 Å². The predicted molar refractivity (Wildman–Crippen MR) is 105 cm³/mol. The second-order valence-corrected chi connectivity index (χ2v) is 10.2. The van der Waals surface area contributed by atoms with Gasteiger partial charge in [-0.1, -0.05) is 25.7 Å². The molecule has 1 atom stereocenters. The minimum Gasteiger partial charge on any atom is -0.375 e. The number of nitrogens with one attached hydrogen (secondary N) is 1. The zero-order valence-electron chi connectivity index (χ0n) is 16.0. The van der Waals surface area contributed by atoms with Gasteiger partial charge in [-0.3, -0.25) is 0 Å². The van der Waals surface area contributed by atoms with Gasteiger partial charge in [0.1, 0.15) is 10.7 Å². The average molecular weight is 394 g/mol. The average Bonchev–Trinajstić information content (AvgIpc) is 2.70. The number of nitrogens with zero attached hydrogens (tertiary/aromatic N) is 2. The molecule has 6 nitrogen and oxygen atoms in total. The van der Waals surface area contributed by atoms with Crippen molar-refractivity contribution in [3.8, 4) is 0 Å². The van der Waals surface area contributed by atoms with E-state index in [1.165, 1.54) is 25.5 Å². The first kappa shape index (κ1) is 19.2. The van der Waals surface area contributed by atoms with Crippen molar-refractivity contribution in [3.63, 3.8) is 0 Å². The van der Waals surface area contributed by atoms with E-state index in [1.807, 2.05) is 0 Å². The third-order valence-electron chi connectivity index (χ3n) is 6.30. The Labute approximate surface area is 162 Å². The molecule has 1 saturated carbocycles. The summed E-state index contributed by atoms with van der Waals surface area (Å²) in [6.45, 7) is 2.03. The van der Waals surface area contributed by atoms with Gasteiger partial charge >= 0.3 is 0 Å².